The van der Waals surface area contributed by atoms with Crippen molar-refractivity contribution < 1.29 is 8.42 Å². The predicted octanol–water partition coefficient (Wildman–Crippen LogP) is 1.94. The summed E-state index contributed by atoms with van der Waals surface area (Å²) in [5.41, 5.74) is 0.840. The fraction of sp³-hybridized carbons (Fsp3) is 0.455. The van der Waals surface area contributed by atoms with Crippen molar-refractivity contribution in [3.05, 3.63) is 30.0 Å². The molecule has 0 amide bonds. The average molecular weight is 303 g/mol. The van der Waals surface area contributed by atoms with Gasteiger partial charge >= 0.3 is 0 Å². The molecule has 2 rings (SSSR count). The lowest BCUT2D eigenvalue weighted by Crippen LogP contribution is -2.05. The van der Waals surface area contributed by atoms with E-state index in [0.717, 1.165) is 5.69 Å². The molecule has 0 fully saturated rings. The number of aryl methyl sites for hydroxylation is 1. The summed E-state index contributed by atoms with van der Waals surface area (Å²) in [6.07, 6.45) is 3.32. The van der Waals surface area contributed by atoms with Crippen molar-refractivity contribution in [3.63, 3.8) is 0 Å². The molecule has 6 nitrogen and oxygen atoms in total. The lowest BCUT2D eigenvalue weighted by atomic mass is 10.4. The molecule has 0 aliphatic carbocycles. The SMILES string of the molecule is Cc1nc(S(=O)(=O)Cl)cn1Cc1ccn(C(C)C)n1. The van der Waals surface area contributed by atoms with Crippen LogP contribution < -0.4 is 0 Å². The molecule has 2 aromatic heterocycles. The molecular weight excluding hydrogens is 288 g/mol. The van der Waals surface area contributed by atoms with Crippen molar-refractivity contribution >= 4 is 19.7 Å². The lowest BCUT2D eigenvalue weighted by Gasteiger charge is -2.04. The summed E-state index contributed by atoms with van der Waals surface area (Å²) in [5, 5.41) is 4.27. The largest absolute Gasteiger partial charge is 0.328 e. The molecule has 0 saturated carbocycles. The first-order valence-corrected chi connectivity index (χ1v) is 8.11. The minimum Gasteiger partial charge on any atom is -0.328 e. The molecule has 2 heterocycles. The number of aromatic nitrogens is 4. The Bertz CT molecular complexity index is 687. The first-order valence-electron chi connectivity index (χ1n) is 5.80. The number of rotatable bonds is 4. The molecule has 0 aliphatic rings. The molecule has 2 aromatic rings. The Labute approximate surface area is 116 Å². The van der Waals surface area contributed by atoms with Crippen molar-refractivity contribution in [2.75, 3.05) is 0 Å². The molecule has 0 N–H and O–H groups in total. The highest BCUT2D eigenvalue weighted by molar-refractivity contribution is 8.13. The first kappa shape index (κ1) is 14.1. The predicted molar refractivity (Wildman–Crippen MR) is 71.7 cm³/mol. The van der Waals surface area contributed by atoms with E-state index >= 15 is 0 Å². The van der Waals surface area contributed by atoms with Gasteiger partial charge in [0, 0.05) is 29.1 Å². The maximum Gasteiger partial charge on any atom is 0.280 e. The van der Waals surface area contributed by atoms with Crippen LogP contribution in [0.2, 0.25) is 0 Å². The number of nitrogens with zero attached hydrogens (tertiary/aromatic N) is 4. The van der Waals surface area contributed by atoms with Gasteiger partial charge in [0.15, 0.2) is 5.03 Å². The maximum absolute atomic E-state index is 11.2. The van der Waals surface area contributed by atoms with Crippen LogP contribution in [-0.2, 0) is 15.6 Å². The van der Waals surface area contributed by atoms with E-state index in [9.17, 15) is 8.42 Å². The highest BCUT2D eigenvalue weighted by Gasteiger charge is 2.16. The average Bonchev–Trinajstić information content (AvgIpc) is 2.86. The van der Waals surface area contributed by atoms with Crippen LogP contribution in [0.1, 0.15) is 31.4 Å². The minimum atomic E-state index is -3.79. The summed E-state index contributed by atoms with van der Waals surface area (Å²) < 4.78 is 26.0. The van der Waals surface area contributed by atoms with Crippen LogP contribution in [0.5, 0.6) is 0 Å². The van der Waals surface area contributed by atoms with E-state index in [-0.39, 0.29) is 11.1 Å². The van der Waals surface area contributed by atoms with Crippen molar-refractivity contribution in [3.8, 4) is 0 Å². The normalized spacial score (nSPS) is 12.3. The molecular formula is C11H15ClN4O2S. The molecule has 104 valence electrons. The molecule has 19 heavy (non-hydrogen) atoms. The van der Waals surface area contributed by atoms with Crippen LogP contribution in [0.25, 0.3) is 0 Å². The zero-order chi connectivity index (χ0) is 14.2. The Kier molecular flexibility index (Phi) is 3.69. The van der Waals surface area contributed by atoms with E-state index < -0.39 is 9.05 Å². The van der Waals surface area contributed by atoms with Gasteiger partial charge in [-0.15, -0.1) is 0 Å². The van der Waals surface area contributed by atoms with Gasteiger partial charge in [-0.05, 0) is 26.8 Å². The van der Waals surface area contributed by atoms with Crippen LogP contribution in [0.3, 0.4) is 0 Å². The van der Waals surface area contributed by atoms with E-state index in [0.29, 0.717) is 12.4 Å². The molecule has 0 bridgehead atoms. The second kappa shape index (κ2) is 4.97. The summed E-state index contributed by atoms with van der Waals surface area (Å²) in [5.74, 6) is 0.582. The summed E-state index contributed by atoms with van der Waals surface area (Å²) in [7, 11) is 1.48. The zero-order valence-electron chi connectivity index (χ0n) is 10.9. The number of hydrogen-bond donors (Lipinski definition) is 0. The molecule has 8 heteroatoms. The van der Waals surface area contributed by atoms with Gasteiger partial charge in [0.25, 0.3) is 9.05 Å². The first-order chi connectivity index (χ1) is 8.77. The minimum absolute atomic E-state index is 0.130. The number of hydrogen-bond acceptors (Lipinski definition) is 4. The van der Waals surface area contributed by atoms with Crippen molar-refractivity contribution in [1.29, 1.82) is 0 Å². The van der Waals surface area contributed by atoms with Crippen LogP contribution in [0.4, 0.5) is 0 Å². The van der Waals surface area contributed by atoms with E-state index in [1.54, 1.807) is 11.5 Å². The Morgan fingerprint density at radius 2 is 2.11 bits per heavy atom. The van der Waals surface area contributed by atoms with Crippen molar-refractivity contribution in [2.24, 2.45) is 0 Å². The third-order valence-corrected chi connectivity index (χ3v) is 3.90. The van der Waals surface area contributed by atoms with Gasteiger partial charge in [0.2, 0.25) is 0 Å². The monoisotopic (exact) mass is 302 g/mol. The number of halogens is 1. The van der Waals surface area contributed by atoms with E-state index in [4.69, 9.17) is 10.7 Å². The van der Waals surface area contributed by atoms with E-state index in [1.165, 1.54) is 6.20 Å². The Morgan fingerprint density at radius 1 is 1.42 bits per heavy atom. The topological polar surface area (TPSA) is 69.8 Å². The summed E-state index contributed by atoms with van der Waals surface area (Å²) >= 11 is 0. The second-order valence-corrected chi connectivity index (χ2v) is 7.09. The van der Waals surface area contributed by atoms with Gasteiger partial charge in [-0.25, -0.2) is 13.4 Å². The second-order valence-electron chi connectivity index (χ2n) is 4.57. The van der Waals surface area contributed by atoms with E-state index in [1.807, 2.05) is 30.8 Å². The lowest BCUT2D eigenvalue weighted by molar-refractivity contribution is 0.523. The molecule has 0 spiro atoms. The molecule has 0 saturated heterocycles. The Balaban J connectivity index is 2.26. The molecule has 0 unspecified atom stereocenters. The van der Waals surface area contributed by atoms with Crippen LogP contribution >= 0.6 is 10.7 Å². The Hall–Kier alpha value is -1.34. The van der Waals surface area contributed by atoms with Gasteiger partial charge in [-0.3, -0.25) is 4.68 Å². The van der Waals surface area contributed by atoms with Gasteiger partial charge in [-0.2, -0.15) is 5.10 Å². The van der Waals surface area contributed by atoms with E-state index in [2.05, 4.69) is 10.1 Å². The van der Waals surface area contributed by atoms with Gasteiger partial charge in [0.05, 0.1) is 12.2 Å². The fourth-order valence-electron chi connectivity index (χ4n) is 1.68. The molecule has 0 atom stereocenters. The standard InChI is InChI=1S/C11H15ClN4O2S/c1-8(2)16-5-4-10(14-16)6-15-7-11(13-9(15)3)19(12,17)18/h4-5,7-8H,6H2,1-3H3. The van der Waals surface area contributed by atoms with Gasteiger partial charge in [-0.1, -0.05) is 0 Å². The molecule has 0 radical (unpaired) electrons. The molecule has 0 aromatic carbocycles. The smallest absolute Gasteiger partial charge is 0.280 e. The van der Waals surface area contributed by atoms with Crippen molar-refractivity contribution in [1.82, 2.24) is 19.3 Å². The highest BCUT2D eigenvalue weighted by Crippen LogP contribution is 2.15. The van der Waals surface area contributed by atoms with Gasteiger partial charge < -0.3 is 4.57 Å². The van der Waals surface area contributed by atoms with Gasteiger partial charge in [0.1, 0.15) is 5.82 Å². The van der Waals surface area contributed by atoms with Crippen molar-refractivity contribution in [2.45, 2.75) is 38.4 Å². The third kappa shape index (κ3) is 3.16. The summed E-state index contributed by atoms with van der Waals surface area (Å²) in [6, 6.07) is 2.19. The zero-order valence-corrected chi connectivity index (χ0v) is 12.5. The Morgan fingerprint density at radius 3 is 2.58 bits per heavy atom. The fourth-order valence-corrected chi connectivity index (χ4v) is 2.40. The van der Waals surface area contributed by atoms with Crippen LogP contribution in [0, 0.1) is 6.92 Å². The molecule has 0 aliphatic heterocycles. The van der Waals surface area contributed by atoms with Crippen LogP contribution in [-0.4, -0.2) is 27.7 Å². The number of imidazole rings is 1. The van der Waals surface area contributed by atoms with Crippen LogP contribution in [0.15, 0.2) is 23.5 Å². The quantitative estimate of drug-likeness (QED) is 0.809. The summed E-state index contributed by atoms with van der Waals surface area (Å²) in [6.45, 7) is 6.27. The third-order valence-electron chi connectivity index (χ3n) is 2.73. The summed E-state index contributed by atoms with van der Waals surface area (Å²) in [4.78, 5) is 3.93. The highest BCUT2D eigenvalue weighted by atomic mass is 35.7. The maximum atomic E-state index is 11.2.